The summed E-state index contributed by atoms with van der Waals surface area (Å²) in [7, 11) is 1.75. The minimum atomic E-state index is -0.511. The molecule has 1 aromatic heterocycles. The zero-order chi connectivity index (χ0) is 24.0. The third-order valence-electron chi connectivity index (χ3n) is 4.57. The molecular formula is C24H25FN4O4. The normalized spacial score (nSPS) is 11.0. The van der Waals surface area contributed by atoms with Crippen LogP contribution in [0.15, 0.2) is 40.9 Å². The molecule has 0 saturated carbocycles. The number of nitrogens with zero attached hydrogens (tertiary/aromatic N) is 4. The first-order valence-corrected chi connectivity index (χ1v) is 10.5. The number of esters is 1. The molecule has 172 valence electrons. The minimum Gasteiger partial charge on any atom is -0.490 e. The van der Waals surface area contributed by atoms with Crippen LogP contribution in [0.3, 0.4) is 0 Å². The van der Waals surface area contributed by atoms with Crippen molar-refractivity contribution in [2.24, 2.45) is 0 Å². The van der Waals surface area contributed by atoms with E-state index in [1.807, 2.05) is 13.8 Å². The standard InChI is InChI=1S/C24H25FN4O4/c1-5-31-22(30)14-29(4)13-16-6-8-19(20(25)10-16)23-27-24(33-28-23)17-7-9-21(32-15(2)3)18(11-17)12-26/h6-11,15H,5,13-14H2,1-4H3. The van der Waals surface area contributed by atoms with E-state index in [9.17, 15) is 14.4 Å². The molecule has 1 heterocycles. The summed E-state index contributed by atoms with van der Waals surface area (Å²) in [5.41, 5.74) is 1.73. The maximum absolute atomic E-state index is 14.8. The van der Waals surface area contributed by atoms with Gasteiger partial charge in [-0.15, -0.1) is 0 Å². The van der Waals surface area contributed by atoms with Crippen molar-refractivity contribution in [3.05, 3.63) is 53.3 Å². The third kappa shape index (κ3) is 6.14. The van der Waals surface area contributed by atoms with Crippen LogP contribution in [-0.2, 0) is 16.1 Å². The maximum atomic E-state index is 14.8. The van der Waals surface area contributed by atoms with Crippen molar-refractivity contribution in [2.45, 2.75) is 33.4 Å². The van der Waals surface area contributed by atoms with Crippen molar-refractivity contribution in [3.8, 4) is 34.7 Å². The number of halogens is 1. The van der Waals surface area contributed by atoms with Gasteiger partial charge in [-0.3, -0.25) is 9.69 Å². The summed E-state index contributed by atoms with van der Waals surface area (Å²) >= 11 is 0. The number of rotatable bonds is 9. The zero-order valence-electron chi connectivity index (χ0n) is 19.0. The van der Waals surface area contributed by atoms with Crippen molar-refractivity contribution in [2.75, 3.05) is 20.2 Å². The summed E-state index contributed by atoms with van der Waals surface area (Å²) < 4.78 is 30.6. The lowest BCUT2D eigenvalue weighted by Gasteiger charge is -2.15. The molecule has 33 heavy (non-hydrogen) atoms. The van der Waals surface area contributed by atoms with Crippen LogP contribution >= 0.6 is 0 Å². The summed E-state index contributed by atoms with van der Waals surface area (Å²) in [4.78, 5) is 17.6. The van der Waals surface area contributed by atoms with Crippen LogP contribution in [-0.4, -0.2) is 47.3 Å². The van der Waals surface area contributed by atoms with Gasteiger partial charge in [-0.25, -0.2) is 4.39 Å². The van der Waals surface area contributed by atoms with E-state index < -0.39 is 5.82 Å². The first-order valence-electron chi connectivity index (χ1n) is 10.5. The van der Waals surface area contributed by atoms with Gasteiger partial charge < -0.3 is 14.0 Å². The van der Waals surface area contributed by atoms with Gasteiger partial charge in [0.2, 0.25) is 5.82 Å². The molecule has 0 fully saturated rings. The summed E-state index contributed by atoms with van der Waals surface area (Å²) in [5.74, 6) is -0.127. The largest absolute Gasteiger partial charge is 0.490 e. The first kappa shape index (κ1) is 23.9. The summed E-state index contributed by atoms with van der Waals surface area (Å²) in [5, 5.41) is 13.3. The molecule has 9 heteroatoms. The molecule has 3 rings (SSSR count). The summed E-state index contributed by atoms with van der Waals surface area (Å²) in [6.07, 6.45) is -0.0751. The average Bonchev–Trinajstić information content (AvgIpc) is 3.23. The number of aromatic nitrogens is 2. The Labute approximate surface area is 191 Å². The van der Waals surface area contributed by atoms with Crippen LogP contribution in [0.2, 0.25) is 0 Å². The fraction of sp³-hybridized carbons (Fsp3) is 0.333. The van der Waals surface area contributed by atoms with Crippen LogP contribution in [0, 0.1) is 17.1 Å². The van der Waals surface area contributed by atoms with E-state index in [2.05, 4.69) is 16.2 Å². The Kier molecular flexibility index (Phi) is 7.74. The zero-order valence-corrected chi connectivity index (χ0v) is 19.0. The highest BCUT2D eigenvalue weighted by Crippen LogP contribution is 2.29. The molecular weight excluding hydrogens is 427 g/mol. The van der Waals surface area contributed by atoms with Crippen molar-refractivity contribution in [1.29, 1.82) is 5.26 Å². The van der Waals surface area contributed by atoms with Crippen molar-refractivity contribution >= 4 is 5.97 Å². The second-order valence-electron chi connectivity index (χ2n) is 7.70. The van der Waals surface area contributed by atoms with E-state index in [0.29, 0.717) is 35.6 Å². The van der Waals surface area contributed by atoms with Gasteiger partial charge in [-0.05, 0) is 63.7 Å². The SMILES string of the molecule is CCOC(=O)CN(C)Cc1ccc(-c2noc(-c3ccc(OC(C)C)c(C#N)c3)n2)c(F)c1. The molecule has 0 spiro atoms. The number of ether oxygens (including phenoxy) is 2. The highest BCUT2D eigenvalue weighted by atomic mass is 19.1. The van der Waals surface area contributed by atoms with Crippen LogP contribution in [0.25, 0.3) is 22.8 Å². The van der Waals surface area contributed by atoms with Gasteiger partial charge in [0.05, 0.1) is 30.4 Å². The predicted molar refractivity (Wildman–Crippen MR) is 119 cm³/mol. The Balaban J connectivity index is 1.76. The predicted octanol–water partition coefficient (Wildman–Crippen LogP) is 4.20. The number of benzene rings is 2. The second-order valence-corrected chi connectivity index (χ2v) is 7.70. The molecule has 8 nitrogen and oxygen atoms in total. The topological polar surface area (TPSA) is 101 Å². The van der Waals surface area contributed by atoms with Gasteiger partial charge in [-0.1, -0.05) is 11.2 Å². The monoisotopic (exact) mass is 452 g/mol. The van der Waals surface area contributed by atoms with Gasteiger partial charge in [0.15, 0.2) is 0 Å². The lowest BCUT2D eigenvalue weighted by molar-refractivity contribution is -0.144. The van der Waals surface area contributed by atoms with Crippen LogP contribution < -0.4 is 4.74 Å². The van der Waals surface area contributed by atoms with Crippen molar-refractivity contribution in [1.82, 2.24) is 15.0 Å². The van der Waals surface area contributed by atoms with E-state index in [4.69, 9.17) is 14.0 Å². The molecule has 0 aliphatic rings. The number of nitriles is 1. The third-order valence-corrected chi connectivity index (χ3v) is 4.57. The van der Waals surface area contributed by atoms with Gasteiger partial charge in [-0.2, -0.15) is 10.2 Å². The van der Waals surface area contributed by atoms with E-state index in [1.54, 1.807) is 49.2 Å². The molecule has 0 atom stereocenters. The summed E-state index contributed by atoms with van der Waals surface area (Å²) in [6, 6.07) is 11.7. The summed E-state index contributed by atoms with van der Waals surface area (Å²) in [6.45, 7) is 6.28. The molecule has 0 saturated heterocycles. The maximum Gasteiger partial charge on any atom is 0.320 e. The Morgan fingerprint density at radius 2 is 2.06 bits per heavy atom. The van der Waals surface area contributed by atoms with Crippen LogP contribution in [0.1, 0.15) is 31.9 Å². The molecule has 0 bridgehead atoms. The molecule has 0 unspecified atom stereocenters. The highest BCUT2D eigenvalue weighted by Gasteiger charge is 2.17. The van der Waals surface area contributed by atoms with Crippen LogP contribution in [0.4, 0.5) is 4.39 Å². The fourth-order valence-corrected chi connectivity index (χ4v) is 3.19. The molecule has 0 radical (unpaired) electrons. The molecule has 0 amide bonds. The first-order chi connectivity index (χ1) is 15.8. The highest BCUT2D eigenvalue weighted by molar-refractivity contribution is 5.71. The van der Waals surface area contributed by atoms with Gasteiger partial charge in [0.25, 0.3) is 5.89 Å². The lowest BCUT2D eigenvalue weighted by Crippen LogP contribution is -2.27. The number of hydrogen-bond acceptors (Lipinski definition) is 8. The average molecular weight is 452 g/mol. The Hall–Kier alpha value is -3.77. The molecule has 3 aromatic rings. The minimum absolute atomic E-state index is 0.0751. The molecule has 2 aromatic carbocycles. The Bertz CT molecular complexity index is 1170. The number of likely N-dealkylation sites (N-methyl/N-ethyl adjacent to an activating group) is 1. The van der Waals surface area contributed by atoms with E-state index >= 15 is 0 Å². The van der Waals surface area contributed by atoms with Gasteiger partial charge >= 0.3 is 5.97 Å². The van der Waals surface area contributed by atoms with E-state index in [1.165, 1.54) is 6.07 Å². The smallest absolute Gasteiger partial charge is 0.320 e. The Morgan fingerprint density at radius 3 is 2.73 bits per heavy atom. The lowest BCUT2D eigenvalue weighted by atomic mass is 10.1. The number of carbonyl (C=O) groups excluding carboxylic acids is 1. The second kappa shape index (κ2) is 10.7. The van der Waals surface area contributed by atoms with Gasteiger partial charge in [0, 0.05) is 12.1 Å². The number of carbonyl (C=O) groups is 1. The molecule has 0 aliphatic heterocycles. The van der Waals surface area contributed by atoms with Crippen LogP contribution in [0.5, 0.6) is 5.75 Å². The molecule has 0 aliphatic carbocycles. The van der Waals surface area contributed by atoms with E-state index in [-0.39, 0.29) is 35.9 Å². The van der Waals surface area contributed by atoms with Gasteiger partial charge in [0.1, 0.15) is 17.6 Å². The van der Waals surface area contributed by atoms with E-state index in [0.717, 1.165) is 0 Å². The van der Waals surface area contributed by atoms with Crippen molar-refractivity contribution in [3.63, 3.8) is 0 Å². The Morgan fingerprint density at radius 1 is 1.27 bits per heavy atom. The number of hydrogen-bond donors (Lipinski definition) is 0. The molecule has 0 N–H and O–H groups in total. The fourth-order valence-electron chi connectivity index (χ4n) is 3.19. The quantitative estimate of drug-likeness (QED) is 0.445. The van der Waals surface area contributed by atoms with Crippen molar-refractivity contribution < 1.29 is 23.2 Å².